The SMILES string of the molecule is C=C(C)CN1CCC(NC(=NCC)NC2CC(OCC)C23CCCC3)CC1. The molecule has 5 nitrogen and oxygen atoms in total. The predicted molar refractivity (Wildman–Crippen MR) is 113 cm³/mol. The quantitative estimate of drug-likeness (QED) is 0.407. The van der Waals surface area contributed by atoms with Crippen LogP contribution in [0.1, 0.15) is 65.7 Å². The topological polar surface area (TPSA) is 48.9 Å². The zero-order chi connectivity index (χ0) is 19.3. The molecular formula is C22H40N4O. The van der Waals surface area contributed by atoms with Gasteiger partial charge in [0.1, 0.15) is 0 Å². The lowest BCUT2D eigenvalue weighted by Crippen LogP contribution is -2.65. The lowest BCUT2D eigenvalue weighted by atomic mass is 9.60. The maximum Gasteiger partial charge on any atom is 0.191 e. The molecule has 2 aliphatic carbocycles. The highest BCUT2D eigenvalue weighted by molar-refractivity contribution is 5.80. The van der Waals surface area contributed by atoms with Gasteiger partial charge in [0.25, 0.3) is 0 Å². The molecule has 1 spiro atoms. The fraction of sp³-hybridized carbons (Fsp3) is 0.864. The molecule has 0 aromatic heterocycles. The van der Waals surface area contributed by atoms with Crippen molar-refractivity contribution in [1.82, 2.24) is 15.5 Å². The number of hydrogen-bond acceptors (Lipinski definition) is 3. The normalized spacial score (nSPS) is 28.9. The first-order valence-corrected chi connectivity index (χ1v) is 11.1. The molecule has 0 radical (unpaired) electrons. The van der Waals surface area contributed by atoms with Crippen molar-refractivity contribution in [2.45, 2.75) is 83.9 Å². The molecule has 0 bridgehead atoms. The summed E-state index contributed by atoms with van der Waals surface area (Å²) in [4.78, 5) is 7.27. The first kappa shape index (κ1) is 20.7. The van der Waals surface area contributed by atoms with Crippen LogP contribution in [-0.4, -0.2) is 61.8 Å². The van der Waals surface area contributed by atoms with E-state index >= 15 is 0 Å². The van der Waals surface area contributed by atoms with Gasteiger partial charge in [-0.05, 0) is 52.9 Å². The molecule has 2 N–H and O–H groups in total. The first-order chi connectivity index (χ1) is 13.1. The number of ether oxygens (including phenoxy) is 1. The molecule has 5 heteroatoms. The molecule has 2 atom stereocenters. The van der Waals surface area contributed by atoms with Gasteiger partial charge in [-0.1, -0.05) is 25.0 Å². The Kier molecular flexibility index (Phi) is 7.21. The van der Waals surface area contributed by atoms with Gasteiger partial charge in [-0.25, -0.2) is 0 Å². The van der Waals surface area contributed by atoms with E-state index in [9.17, 15) is 0 Å². The van der Waals surface area contributed by atoms with E-state index in [2.05, 4.69) is 42.9 Å². The molecule has 1 aliphatic heterocycles. The summed E-state index contributed by atoms with van der Waals surface area (Å²) in [5, 5.41) is 7.53. The van der Waals surface area contributed by atoms with Crippen molar-refractivity contribution in [2.24, 2.45) is 10.4 Å². The third-order valence-electron chi connectivity index (χ3n) is 6.74. The van der Waals surface area contributed by atoms with Crippen LogP contribution in [-0.2, 0) is 4.74 Å². The van der Waals surface area contributed by atoms with Crippen LogP contribution in [0.5, 0.6) is 0 Å². The number of aliphatic imine (C=N–C) groups is 1. The summed E-state index contributed by atoms with van der Waals surface area (Å²) in [5.41, 5.74) is 1.60. The fourth-order valence-electron chi connectivity index (χ4n) is 5.36. The predicted octanol–water partition coefficient (Wildman–Crippen LogP) is 3.32. The van der Waals surface area contributed by atoms with E-state index in [1.54, 1.807) is 0 Å². The van der Waals surface area contributed by atoms with Crippen molar-refractivity contribution in [2.75, 3.05) is 32.8 Å². The van der Waals surface area contributed by atoms with Gasteiger partial charge in [-0.3, -0.25) is 9.89 Å². The van der Waals surface area contributed by atoms with Gasteiger partial charge in [-0.15, -0.1) is 0 Å². The largest absolute Gasteiger partial charge is 0.378 e. The number of nitrogens with zero attached hydrogens (tertiary/aromatic N) is 2. The van der Waals surface area contributed by atoms with Crippen LogP contribution in [0.25, 0.3) is 0 Å². The Labute approximate surface area is 166 Å². The Balaban J connectivity index is 1.53. The molecule has 0 aromatic carbocycles. The lowest BCUT2D eigenvalue weighted by molar-refractivity contribution is -0.125. The lowest BCUT2D eigenvalue weighted by Gasteiger charge is -2.54. The van der Waals surface area contributed by atoms with E-state index in [-0.39, 0.29) is 0 Å². The standard InChI is InChI=1S/C22H40N4O/c1-5-23-21(24-18-9-13-26(14-10-18)16-17(3)4)25-19-15-20(27-6-2)22(19)11-7-8-12-22/h18-20H,3,5-16H2,1-2,4H3,(H2,23,24,25). The van der Waals surface area contributed by atoms with Crippen molar-refractivity contribution >= 4 is 5.96 Å². The molecule has 3 aliphatic rings. The highest BCUT2D eigenvalue weighted by Gasteiger charge is 2.57. The van der Waals surface area contributed by atoms with Crippen molar-refractivity contribution in [1.29, 1.82) is 0 Å². The Bertz CT molecular complexity index is 518. The second-order valence-corrected chi connectivity index (χ2v) is 8.79. The molecule has 1 saturated heterocycles. The van der Waals surface area contributed by atoms with Crippen LogP contribution >= 0.6 is 0 Å². The summed E-state index contributed by atoms with van der Waals surface area (Å²) >= 11 is 0. The second kappa shape index (κ2) is 9.42. The highest BCUT2D eigenvalue weighted by atomic mass is 16.5. The van der Waals surface area contributed by atoms with Crippen LogP contribution in [0, 0.1) is 5.41 Å². The molecule has 154 valence electrons. The third kappa shape index (κ3) is 4.86. The van der Waals surface area contributed by atoms with Crippen molar-refractivity contribution in [3.8, 4) is 0 Å². The summed E-state index contributed by atoms with van der Waals surface area (Å²) in [7, 11) is 0. The third-order valence-corrected chi connectivity index (χ3v) is 6.74. The number of piperidine rings is 1. The Hall–Kier alpha value is -1.07. The first-order valence-electron chi connectivity index (χ1n) is 11.1. The molecule has 3 rings (SSSR count). The van der Waals surface area contributed by atoms with Crippen molar-refractivity contribution < 1.29 is 4.74 Å². The number of likely N-dealkylation sites (tertiary alicyclic amines) is 1. The zero-order valence-electron chi connectivity index (χ0n) is 17.7. The van der Waals surface area contributed by atoms with Crippen LogP contribution < -0.4 is 10.6 Å². The van der Waals surface area contributed by atoms with Crippen LogP contribution in [0.2, 0.25) is 0 Å². The maximum absolute atomic E-state index is 6.07. The van der Waals surface area contributed by atoms with E-state index in [4.69, 9.17) is 9.73 Å². The monoisotopic (exact) mass is 376 g/mol. The summed E-state index contributed by atoms with van der Waals surface area (Å²) < 4.78 is 6.07. The molecule has 0 amide bonds. The van der Waals surface area contributed by atoms with Crippen molar-refractivity contribution in [3.05, 3.63) is 12.2 Å². The second-order valence-electron chi connectivity index (χ2n) is 8.79. The van der Waals surface area contributed by atoms with Gasteiger partial charge in [0.05, 0.1) is 6.10 Å². The van der Waals surface area contributed by atoms with Crippen LogP contribution in [0.3, 0.4) is 0 Å². The van der Waals surface area contributed by atoms with Gasteiger partial charge in [0.15, 0.2) is 5.96 Å². The average molecular weight is 377 g/mol. The van der Waals surface area contributed by atoms with Gasteiger partial charge in [0.2, 0.25) is 0 Å². The summed E-state index contributed by atoms with van der Waals surface area (Å²) in [6, 6.07) is 1.03. The van der Waals surface area contributed by atoms with E-state index in [1.807, 2.05) is 0 Å². The molecule has 0 aromatic rings. The van der Waals surface area contributed by atoms with Gasteiger partial charge in [0, 0.05) is 50.3 Å². The van der Waals surface area contributed by atoms with Gasteiger partial charge in [-0.2, -0.15) is 0 Å². The van der Waals surface area contributed by atoms with Gasteiger partial charge < -0.3 is 15.4 Å². The zero-order valence-corrected chi connectivity index (χ0v) is 17.7. The summed E-state index contributed by atoms with van der Waals surface area (Å²) in [6.07, 6.45) is 9.20. The van der Waals surface area contributed by atoms with E-state index in [0.717, 1.165) is 45.2 Å². The summed E-state index contributed by atoms with van der Waals surface area (Å²) in [6.45, 7) is 15.4. The van der Waals surface area contributed by atoms with E-state index in [1.165, 1.54) is 44.1 Å². The molecule has 2 unspecified atom stereocenters. The molecule has 3 fully saturated rings. The highest BCUT2D eigenvalue weighted by Crippen LogP contribution is 2.54. The number of hydrogen-bond donors (Lipinski definition) is 2. The Morgan fingerprint density at radius 2 is 1.89 bits per heavy atom. The average Bonchev–Trinajstić information content (AvgIpc) is 3.15. The van der Waals surface area contributed by atoms with Crippen LogP contribution in [0.15, 0.2) is 17.1 Å². The van der Waals surface area contributed by atoms with E-state index < -0.39 is 0 Å². The molecule has 27 heavy (non-hydrogen) atoms. The number of rotatable bonds is 7. The summed E-state index contributed by atoms with van der Waals surface area (Å²) in [5.74, 6) is 1.02. The fourth-order valence-corrected chi connectivity index (χ4v) is 5.36. The van der Waals surface area contributed by atoms with Crippen LogP contribution in [0.4, 0.5) is 0 Å². The number of guanidine groups is 1. The molecule has 1 heterocycles. The molecule has 2 saturated carbocycles. The minimum Gasteiger partial charge on any atom is -0.378 e. The Morgan fingerprint density at radius 3 is 2.48 bits per heavy atom. The number of nitrogens with one attached hydrogen (secondary N) is 2. The minimum atomic E-state index is 0.344. The smallest absolute Gasteiger partial charge is 0.191 e. The maximum atomic E-state index is 6.07. The Morgan fingerprint density at radius 1 is 1.19 bits per heavy atom. The molecular weight excluding hydrogens is 336 g/mol. The van der Waals surface area contributed by atoms with Gasteiger partial charge >= 0.3 is 0 Å². The van der Waals surface area contributed by atoms with E-state index in [0.29, 0.717) is 23.6 Å². The van der Waals surface area contributed by atoms with Crippen molar-refractivity contribution in [3.63, 3.8) is 0 Å². The minimum absolute atomic E-state index is 0.344.